The third-order valence-electron chi connectivity index (χ3n) is 5.51. The quantitative estimate of drug-likeness (QED) is 0.437. The predicted octanol–water partition coefficient (Wildman–Crippen LogP) is -0.163. The van der Waals surface area contributed by atoms with Gasteiger partial charge >= 0.3 is 5.97 Å². The number of carbonyl (C=O) groups excluding carboxylic acids is 1. The van der Waals surface area contributed by atoms with Crippen molar-refractivity contribution >= 4 is 11.9 Å². The van der Waals surface area contributed by atoms with E-state index in [9.17, 15) is 4.79 Å². The van der Waals surface area contributed by atoms with Gasteiger partial charge in [-0.1, -0.05) is 0 Å². The molecular weight excluding hydrogens is 306 g/mol. The number of fused-ring (bicyclic) bond motifs is 3. The first-order chi connectivity index (χ1) is 11.7. The first-order valence-corrected chi connectivity index (χ1v) is 9.28. The third kappa shape index (κ3) is 4.00. The Hall–Kier alpha value is -1.34. The van der Waals surface area contributed by atoms with Crippen molar-refractivity contribution in [1.82, 2.24) is 20.0 Å². The highest BCUT2D eigenvalue weighted by atomic mass is 16.5. The fourth-order valence-electron chi connectivity index (χ4n) is 4.01. The molecule has 0 amide bonds. The van der Waals surface area contributed by atoms with E-state index in [-0.39, 0.29) is 11.9 Å². The molecule has 0 aromatic heterocycles. The van der Waals surface area contributed by atoms with Crippen LogP contribution in [0.3, 0.4) is 0 Å². The van der Waals surface area contributed by atoms with Gasteiger partial charge in [0.2, 0.25) is 0 Å². The second kappa shape index (κ2) is 8.16. The van der Waals surface area contributed by atoms with E-state index in [1.165, 1.54) is 33.3 Å². The Kier molecular flexibility index (Phi) is 5.94. The summed E-state index contributed by atoms with van der Waals surface area (Å²) in [5.74, 6) is 0.970. The van der Waals surface area contributed by atoms with E-state index >= 15 is 0 Å². The van der Waals surface area contributed by atoms with Gasteiger partial charge in [-0.2, -0.15) is 0 Å². The summed E-state index contributed by atoms with van der Waals surface area (Å²) in [6.07, 6.45) is 1.70. The van der Waals surface area contributed by atoms with Crippen LogP contribution in [0.25, 0.3) is 0 Å². The Balaban J connectivity index is 1.55. The normalized spacial score (nSPS) is 31.2. The first kappa shape index (κ1) is 17.5. The number of guanidine groups is 1. The zero-order valence-electron chi connectivity index (χ0n) is 15.0. The second-order valence-electron chi connectivity index (χ2n) is 6.97. The van der Waals surface area contributed by atoms with Crippen molar-refractivity contribution in [2.24, 2.45) is 10.9 Å². The number of ether oxygens (including phenoxy) is 1. The number of carbonyl (C=O) groups is 1. The topological polar surface area (TPSA) is 60.4 Å². The van der Waals surface area contributed by atoms with Gasteiger partial charge in [0.25, 0.3) is 0 Å². The summed E-state index contributed by atoms with van der Waals surface area (Å²) in [6.45, 7) is 11.5. The van der Waals surface area contributed by atoms with E-state index in [2.05, 4.69) is 26.9 Å². The molecule has 1 N–H and O–H groups in total. The monoisotopic (exact) mass is 337 g/mol. The number of likely N-dealkylation sites (tertiary alicyclic amines) is 1. The van der Waals surface area contributed by atoms with Crippen LogP contribution >= 0.6 is 0 Å². The van der Waals surface area contributed by atoms with E-state index < -0.39 is 0 Å². The minimum atomic E-state index is -0.0725. The van der Waals surface area contributed by atoms with Crippen LogP contribution in [-0.2, 0) is 9.53 Å². The van der Waals surface area contributed by atoms with Crippen LogP contribution in [0, 0.1) is 5.92 Å². The molecule has 4 saturated heterocycles. The van der Waals surface area contributed by atoms with Crippen LogP contribution in [0.2, 0.25) is 0 Å². The Morgan fingerprint density at radius 1 is 1.17 bits per heavy atom. The van der Waals surface area contributed by atoms with E-state index in [4.69, 9.17) is 9.73 Å². The molecule has 4 rings (SSSR count). The van der Waals surface area contributed by atoms with E-state index in [0.717, 1.165) is 51.5 Å². The molecule has 4 heterocycles. The standard InChI is InChI=1S/C17H31N5O2/c1-3-18-17(22-6-4-14(5-7-22)16(23)24-2)19-12-15-13-20-8-10-21(15)11-9-20/h14-15H,3-13H2,1-2H3,(H,18,19). The summed E-state index contributed by atoms with van der Waals surface area (Å²) in [5, 5.41) is 3.42. The number of piperazine rings is 3. The number of hydrogen-bond acceptors (Lipinski definition) is 5. The van der Waals surface area contributed by atoms with Crippen molar-refractivity contribution in [2.75, 3.05) is 66.0 Å². The highest BCUT2D eigenvalue weighted by Gasteiger charge is 2.32. The lowest BCUT2D eigenvalue weighted by atomic mass is 9.97. The van der Waals surface area contributed by atoms with Crippen molar-refractivity contribution in [3.63, 3.8) is 0 Å². The van der Waals surface area contributed by atoms with Gasteiger partial charge in [-0.25, -0.2) is 0 Å². The smallest absolute Gasteiger partial charge is 0.308 e. The fraction of sp³-hybridized carbons (Fsp3) is 0.882. The zero-order chi connectivity index (χ0) is 16.9. The summed E-state index contributed by atoms with van der Waals surface area (Å²) >= 11 is 0. The molecule has 0 radical (unpaired) electrons. The van der Waals surface area contributed by atoms with Crippen molar-refractivity contribution in [3.05, 3.63) is 0 Å². The summed E-state index contributed by atoms with van der Waals surface area (Å²) in [4.78, 5) is 24.0. The number of methoxy groups -OCH3 is 1. The molecule has 4 aliphatic rings. The number of nitrogens with zero attached hydrogens (tertiary/aromatic N) is 4. The number of piperidine rings is 1. The average molecular weight is 337 g/mol. The summed E-state index contributed by atoms with van der Waals surface area (Å²) in [5.41, 5.74) is 0. The Bertz CT molecular complexity index is 454. The molecule has 0 aromatic rings. The van der Waals surface area contributed by atoms with Crippen molar-refractivity contribution < 1.29 is 9.53 Å². The van der Waals surface area contributed by atoms with Gasteiger partial charge in [0, 0.05) is 58.4 Å². The van der Waals surface area contributed by atoms with E-state index in [1.807, 2.05) is 0 Å². The van der Waals surface area contributed by atoms with Gasteiger partial charge in [-0.15, -0.1) is 0 Å². The zero-order valence-corrected chi connectivity index (χ0v) is 15.0. The number of aliphatic imine (C=N–C) groups is 1. The molecule has 0 saturated carbocycles. The lowest BCUT2D eigenvalue weighted by molar-refractivity contribution is -0.146. The number of esters is 1. The van der Waals surface area contributed by atoms with Gasteiger partial charge in [0.05, 0.1) is 19.6 Å². The maximum atomic E-state index is 11.7. The Labute approximate surface area is 145 Å². The average Bonchev–Trinajstić information content (AvgIpc) is 2.65. The molecule has 136 valence electrons. The van der Waals surface area contributed by atoms with Crippen LogP contribution in [0.4, 0.5) is 0 Å². The van der Waals surface area contributed by atoms with Gasteiger partial charge in [-0.3, -0.25) is 19.6 Å². The second-order valence-corrected chi connectivity index (χ2v) is 6.97. The molecule has 1 unspecified atom stereocenters. The van der Waals surface area contributed by atoms with Gasteiger partial charge in [0.1, 0.15) is 0 Å². The van der Waals surface area contributed by atoms with Gasteiger partial charge in [0.15, 0.2) is 5.96 Å². The molecule has 0 aromatic carbocycles. The Morgan fingerprint density at radius 2 is 1.88 bits per heavy atom. The summed E-state index contributed by atoms with van der Waals surface area (Å²) < 4.78 is 4.87. The molecule has 0 spiro atoms. The maximum Gasteiger partial charge on any atom is 0.308 e. The third-order valence-corrected chi connectivity index (χ3v) is 5.51. The Morgan fingerprint density at radius 3 is 2.42 bits per heavy atom. The lowest BCUT2D eigenvalue weighted by Crippen LogP contribution is -2.62. The van der Waals surface area contributed by atoms with Gasteiger partial charge in [-0.05, 0) is 19.8 Å². The minimum Gasteiger partial charge on any atom is -0.469 e. The number of nitrogens with one attached hydrogen (secondary N) is 1. The molecular formula is C17H31N5O2. The van der Waals surface area contributed by atoms with Crippen LogP contribution < -0.4 is 5.32 Å². The van der Waals surface area contributed by atoms with Crippen molar-refractivity contribution in [1.29, 1.82) is 0 Å². The van der Waals surface area contributed by atoms with Crippen LogP contribution in [0.1, 0.15) is 19.8 Å². The number of rotatable bonds is 4. The molecule has 1 atom stereocenters. The predicted molar refractivity (Wildman–Crippen MR) is 94.1 cm³/mol. The van der Waals surface area contributed by atoms with E-state index in [0.29, 0.717) is 6.04 Å². The first-order valence-electron chi connectivity index (χ1n) is 9.28. The molecule has 2 bridgehead atoms. The summed E-state index contributed by atoms with van der Waals surface area (Å²) in [7, 11) is 1.48. The molecule has 0 aliphatic carbocycles. The highest BCUT2D eigenvalue weighted by molar-refractivity contribution is 5.80. The minimum absolute atomic E-state index is 0.0436. The highest BCUT2D eigenvalue weighted by Crippen LogP contribution is 2.19. The van der Waals surface area contributed by atoms with Crippen LogP contribution in [0.5, 0.6) is 0 Å². The van der Waals surface area contributed by atoms with Gasteiger partial charge < -0.3 is 15.0 Å². The molecule has 7 nitrogen and oxygen atoms in total. The van der Waals surface area contributed by atoms with E-state index in [1.54, 1.807) is 0 Å². The lowest BCUT2D eigenvalue weighted by Gasteiger charge is -2.47. The number of hydrogen-bond donors (Lipinski definition) is 1. The summed E-state index contributed by atoms with van der Waals surface area (Å²) in [6, 6.07) is 0.550. The molecule has 4 fully saturated rings. The fourth-order valence-corrected chi connectivity index (χ4v) is 4.01. The molecule has 4 aliphatic heterocycles. The maximum absolute atomic E-state index is 11.7. The largest absolute Gasteiger partial charge is 0.469 e. The molecule has 24 heavy (non-hydrogen) atoms. The van der Waals surface area contributed by atoms with Crippen LogP contribution in [0.15, 0.2) is 4.99 Å². The SMILES string of the molecule is CCNC(=NCC1CN2CCN1CC2)N1CCC(C(=O)OC)CC1. The van der Waals surface area contributed by atoms with Crippen molar-refractivity contribution in [3.8, 4) is 0 Å². The van der Waals surface area contributed by atoms with Crippen LogP contribution in [-0.4, -0.2) is 98.7 Å². The van der Waals surface area contributed by atoms with Crippen molar-refractivity contribution in [2.45, 2.75) is 25.8 Å². The molecule has 7 heteroatoms.